The molecular weight excluding hydrogens is 392 g/mol. The molecule has 2 aromatic heterocycles. The number of fused-ring (bicyclic) bond motifs is 1. The van der Waals surface area contributed by atoms with Crippen molar-refractivity contribution in [2.45, 2.75) is 13.5 Å². The van der Waals surface area contributed by atoms with Crippen LogP contribution in [0.2, 0.25) is 0 Å². The number of benzene rings is 2. The lowest BCUT2D eigenvalue weighted by Crippen LogP contribution is -2.26. The minimum atomic E-state index is -0.121. The number of ether oxygens (including phenoxy) is 2. The predicted molar refractivity (Wildman–Crippen MR) is 120 cm³/mol. The molecule has 7 nitrogen and oxygen atoms in total. The van der Waals surface area contributed by atoms with Crippen molar-refractivity contribution in [2.75, 3.05) is 26.2 Å². The van der Waals surface area contributed by atoms with E-state index in [1.54, 1.807) is 43.2 Å². The van der Waals surface area contributed by atoms with Crippen LogP contribution in [-0.2, 0) is 6.54 Å². The normalized spacial score (nSPS) is 10.8. The first-order valence-corrected chi connectivity index (χ1v) is 9.87. The summed E-state index contributed by atoms with van der Waals surface area (Å²) in [4.78, 5) is 19.1. The number of anilines is 1. The number of aryl methyl sites for hydroxylation is 1. The van der Waals surface area contributed by atoms with Crippen LogP contribution in [0.15, 0.2) is 60.9 Å². The third-order valence-electron chi connectivity index (χ3n) is 5.23. The minimum absolute atomic E-state index is 0.121. The zero-order valence-electron chi connectivity index (χ0n) is 18.0. The molecule has 0 atom stereocenters. The van der Waals surface area contributed by atoms with Gasteiger partial charge in [0.1, 0.15) is 11.5 Å². The van der Waals surface area contributed by atoms with E-state index in [1.807, 2.05) is 55.5 Å². The molecule has 0 saturated heterocycles. The van der Waals surface area contributed by atoms with E-state index in [9.17, 15) is 4.79 Å². The van der Waals surface area contributed by atoms with Gasteiger partial charge in [-0.25, -0.2) is 9.67 Å². The van der Waals surface area contributed by atoms with Crippen LogP contribution < -0.4 is 14.4 Å². The molecule has 31 heavy (non-hydrogen) atoms. The summed E-state index contributed by atoms with van der Waals surface area (Å²) in [6.45, 7) is 2.49. The van der Waals surface area contributed by atoms with Gasteiger partial charge in [-0.3, -0.25) is 4.79 Å². The molecule has 0 saturated carbocycles. The molecule has 2 heterocycles. The van der Waals surface area contributed by atoms with E-state index in [0.717, 1.165) is 33.7 Å². The molecule has 0 fully saturated rings. The lowest BCUT2D eigenvalue weighted by atomic mass is 10.1. The van der Waals surface area contributed by atoms with Gasteiger partial charge in [0, 0.05) is 35.9 Å². The number of nitrogens with zero attached hydrogens (tertiary/aromatic N) is 4. The van der Waals surface area contributed by atoms with E-state index in [2.05, 4.69) is 10.1 Å². The fourth-order valence-electron chi connectivity index (χ4n) is 3.50. The first-order valence-electron chi connectivity index (χ1n) is 9.87. The maximum Gasteiger partial charge on any atom is 0.259 e. The molecule has 2 aromatic carbocycles. The van der Waals surface area contributed by atoms with Gasteiger partial charge in [-0.1, -0.05) is 12.1 Å². The Labute approximate surface area is 180 Å². The van der Waals surface area contributed by atoms with Gasteiger partial charge in [-0.05, 0) is 42.8 Å². The smallest absolute Gasteiger partial charge is 0.259 e. The fourth-order valence-corrected chi connectivity index (χ4v) is 3.50. The number of carbonyl (C=O) groups is 1. The summed E-state index contributed by atoms with van der Waals surface area (Å²) in [6.07, 6.45) is 3.32. The van der Waals surface area contributed by atoms with Gasteiger partial charge >= 0.3 is 0 Å². The molecule has 4 aromatic rings. The number of methoxy groups -OCH3 is 2. The number of hydrogen-bond acceptors (Lipinski definition) is 5. The molecule has 0 unspecified atom stereocenters. The summed E-state index contributed by atoms with van der Waals surface area (Å²) >= 11 is 0. The fraction of sp³-hybridized carbons (Fsp3) is 0.208. The van der Waals surface area contributed by atoms with Gasteiger partial charge in [0.25, 0.3) is 5.91 Å². The second-order valence-corrected chi connectivity index (χ2v) is 7.32. The van der Waals surface area contributed by atoms with Gasteiger partial charge in [-0.15, -0.1) is 0 Å². The highest BCUT2D eigenvalue weighted by Crippen LogP contribution is 2.26. The Morgan fingerprint density at radius 3 is 2.65 bits per heavy atom. The van der Waals surface area contributed by atoms with Crippen molar-refractivity contribution in [2.24, 2.45) is 0 Å². The van der Waals surface area contributed by atoms with Crippen LogP contribution in [0.3, 0.4) is 0 Å². The Kier molecular flexibility index (Phi) is 5.58. The SMILES string of the molecule is COc1ccc(Cn2ncc3cc(C(=O)N(C)c4cccc(C)c4)cnc32)c(OC)c1. The van der Waals surface area contributed by atoms with Crippen LogP contribution >= 0.6 is 0 Å². The molecule has 1 amide bonds. The lowest BCUT2D eigenvalue weighted by Gasteiger charge is -2.17. The maximum atomic E-state index is 13.0. The van der Waals surface area contributed by atoms with Crippen LogP contribution in [0.1, 0.15) is 21.5 Å². The number of pyridine rings is 1. The minimum Gasteiger partial charge on any atom is -0.497 e. The standard InChI is InChI=1S/C24H24N4O3/c1-16-6-5-7-20(10-16)27(2)24(29)19-11-18-14-26-28(23(18)25-13-19)15-17-8-9-21(30-3)12-22(17)31-4/h5-14H,15H2,1-4H3. The highest BCUT2D eigenvalue weighted by molar-refractivity contribution is 6.06. The maximum absolute atomic E-state index is 13.0. The second-order valence-electron chi connectivity index (χ2n) is 7.32. The molecule has 0 radical (unpaired) electrons. The summed E-state index contributed by atoms with van der Waals surface area (Å²) < 4.78 is 12.5. The molecule has 0 bridgehead atoms. The zero-order chi connectivity index (χ0) is 22.0. The molecule has 7 heteroatoms. The van der Waals surface area contributed by atoms with E-state index in [-0.39, 0.29) is 5.91 Å². The van der Waals surface area contributed by atoms with E-state index in [4.69, 9.17) is 9.47 Å². The van der Waals surface area contributed by atoms with Crippen molar-refractivity contribution in [3.63, 3.8) is 0 Å². The summed E-state index contributed by atoms with van der Waals surface area (Å²) in [5.74, 6) is 1.32. The molecular formula is C24H24N4O3. The summed E-state index contributed by atoms with van der Waals surface area (Å²) in [5, 5.41) is 5.27. The Morgan fingerprint density at radius 2 is 1.90 bits per heavy atom. The molecule has 0 aliphatic carbocycles. The Hall–Kier alpha value is -3.87. The monoisotopic (exact) mass is 416 g/mol. The van der Waals surface area contributed by atoms with Crippen molar-refractivity contribution in [3.05, 3.63) is 77.6 Å². The Morgan fingerprint density at radius 1 is 1.06 bits per heavy atom. The Balaban J connectivity index is 1.61. The van der Waals surface area contributed by atoms with E-state index in [0.29, 0.717) is 17.8 Å². The number of amides is 1. The number of hydrogen-bond donors (Lipinski definition) is 0. The van der Waals surface area contributed by atoms with Gasteiger partial charge in [0.15, 0.2) is 5.65 Å². The third-order valence-corrected chi connectivity index (χ3v) is 5.23. The molecule has 0 aliphatic rings. The van der Waals surface area contributed by atoms with Crippen molar-refractivity contribution in [1.29, 1.82) is 0 Å². The Bertz CT molecular complexity index is 1250. The predicted octanol–water partition coefficient (Wildman–Crippen LogP) is 4.08. The highest BCUT2D eigenvalue weighted by Gasteiger charge is 2.16. The lowest BCUT2D eigenvalue weighted by molar-refractivity contribution is 0.0993. The van der Waals surface area contributed by atoms with E-state index < -0.39 is 0 Å². The highest BCUT2D eigenvalue weighted by atomic mass is 16.5. The van der Waals surface area contributed by atoms with Crippen LogP contribution in [0.4, 0.5) is 5.69 Å². The number of aromatic nitrogens is 3. The largest absolute Gasteiger partial charge is 0.497 e. The van der Waals surface area contributed by atoms with Crippen molar-refractivity contribution in [3.8, 4) is 11.5 Å². The van der Waals surface area contributed by atoms with Crippen LogP contribution in [-0.4, -0.2) is 41.9 Å². The van der Waals surface area contributed by atoms with E-state index >= 15 is 0 Å². The first-order chi connectivity index (χ1) is 15.0. The summed E-state index contributed by atoms with van der Waals surface area (Å²) in [7, 11) is 5.01. The van der Waals surface area contributed by atoms with Crippen LogP contribution in [0, 0.1) is 6.92 Å². The van der Waals surface area contributed by atoms with Crippen LogP contribution in [0.25, 0.3) is 11.0 Å². The van der Waals surface area contributed by atoms with Gasteiger partial charge < -0.3 is 14.4 Å². The summed E-state index contributed by atoms with van der Waals surface area (Å²) in [6, 6.07) is 15.3. The topological polar surface area (TPSA) is 69.5 Å². The quantitative estimate of drug-likeness (QED) is 0.474. The summed E-state index contributed by atoms with van der Waals surface area (Å²) in [5.41, 5.74) is 4.11. The number of carbonyl (C=O) groups excluding carboxylic acids is 1. The van der Waals surface area contributed by atoms with Gasteiger partial charge in [0.2, 0.25) is 0 Å². The second kappa shape index (κ2) is 8.47. The number of rotatable bonds is 6. The third kappa shape index (κ3) is 4.07. The molecule has 0 spiro atoms. The molecule has 158 valence electrons. The molecule has 4 rings (SSSR count). The molecule has 0 N–H and O–H groups in total. The van der Waals surface area contributed by atoms with Crippen molar-refractivity contribution >= 4 is 22.6 Å². The van der Waals surface area contributed by atoms with E-state index in [1.165, 1.54) is 0 Å². The van der Waals surface area contributed by atoms with Crippen LogP contribution in [0.5, 0.6) is 11.5 Å². The average Bonchev–Trinajstić information content (AvgIpc) is 3.20. The van der Waals surface area contributed by atoms with Crippen molar-refractivity contribution in [1.82, 2.24) is 14.8 Å². The van der Waals surface area contributed by atoms with Gasteiger partial charge in [-0.2, -0.15) is 5.10 Å². The average molecular weight is 416 g/mol. The first kappa shape index (κ1) is 20.4. The zero-order valence-corrected chi connectivity index (χ0v) is 18.0. The van der Waals surface area contributed by atoms with Crippen molar-refractivity contribution < 1.29 is 14.3 Å². The van der Waals surface area contributed by atoms with Gasteiger partial charge in [0.05, 0.1) is 32.5 Å². The molecule has 0 aliphatic heterocycles.